The van der Waals surface area contributed by atoms with E-state index in [0.717, 1.165) is 11.9 Å². The first-order chi connectivity index (χ1) is 17.1. The Balaban J connectivity index is 1.57. The first-order valence-electron chi connectivity index (χ1n) is 11.2. The van der Waals surface area contributed by atoms with Gasteiger partial charge in [0.25, 0.3) is 0 Å². The normalized spacial score (nSPS) is 13.9. The molecule has 12 heteroatoms. The van der Waals surface area contributed by atoms with Crippen molar-refractivity contribution in [3.8, 4) is 5.75 Å². The molecule has 4 rings (SSSR count). The maximum Gasteiger partial charge on any atom is 0.421 e. The van der Waals surface area contributed by atoms with Gasteiger partial charge in [-0.05, 0) is 30.3 Å². The van der Waals surface area contributed by atoms with E-state index in [1.165, 1.54) is 13.2 Å². The van der Waals surface area contributed by atoms with E-state index in [1.807, 2.05) is 12.1 Å². The predicted octanol–water partition coefficient (Wildman–Crippen LogP) is 4.24. The van der Waals surface area contributed by atoms with E-state index in [4.69, 9.17) is 10.5 Å². The van der Waals surface area contributed by atoms with Gasteiger partial charge >= 0.3 is 6.18 Å². The van der Waals surface area contributed by atoms with Crippen LogP contribution in [0.25, 0.3) is 0 Å². The molecule has 0 bridgehead atoms. The number of ether oxygens (including phenoxy) is 1. The van der Waals surface area contributed by atoms with E-state index < -0.39 is 17.6 Å². The summed E-state index contributed by atoms with van der Waals surface area (Å²) in [7, 11) is 1.50. The molecule has 1 saturated heterocycles. The van der Waals surface area contributed by atoms with Gasteiger partial charge in [-0.15, -0.1) is 0 Å². The number of halogens is 3. The fraction of sp³-hybridized carbons (Fsp3) is 0.292. The van der Waals surface area contributed by atoms with Crippen LogP contribution in [0.1, 0.15) is 12.5 Å². The molecular weight excluding hydrogens is 475 g/mol. The number of hydrogen-bond donors (Lipinski definition) is 3. The highest BCUT2D eigenvalue weighted by Crippen LogP contribution is 2.37. The maximum absolute atomic E-state index is 13.6. The van der Waals surface area contributed by atoms with Crippen molar-refractivity contribution >= 4 is 40.4 Å². The van der Waals surface area contributed by atoms with E-state index in [1.54, 1.807) is 36.1 Å². The van der Waals surface area contributed by atoms with Gasteiger partial charge in [0.05, 0.1) is 12.8 Å². The van der Waals surface area contributed by atoms with Crippen LogP contribution in [0.4, 0.5) is 47.7 Å². The highest BCUT2D eigenvalue weighted by Gasteiger charge is 2.35. The summed E-state index contributed by atoms with van der Waals surface area (Å²) in [5, 5.41) is 5.62. The lowest BCUT2D eigenvalue weighted by Crippen LogP contribution is -2.48. The zero-order valence-electron chi connectivity index (χ0n) is 19.8. The fourth-order valence-corrected chi connectivity index (χ4v) is 3.88. The summed E-state index contributed by atoms with van der Waals surface area (Å²) < 4.78 is 46.3. The quantitative estimate of drug-likeness (QED) is 0.431. The Labute approximate surface area is 206 Å². The van der Waals surface area contributed by atoms with Gasteiger partial charge in [0.15, 0.2) is 0 Å². The van der Waals surface area contributed by atoms with Gasteiger partial charge in [-0.1, -0.05) is 6.07 Å². The van der Waals surface area contributed by atoms with E-state index in [0.29, 0.717) is 49.0 Å². The Morgan fingerprint density at radius 2 is 1.83 bits per heavy atom. The number of carbonyl (C=O) groups is 1. The number of nitrogens with one attached hydrogen (secondary N) is 2. The number of nitrogen functional groups attached to an aromatic ring is 1. The molecule has 36 heavy (non-hydrogen) atoms. The molecule has 2 heterocycles. The Morgan fingerprint density at radius 3 is 2.47 bits per heavy atom. The summed E-state index contributed by atoms with van der Waals surface area (Å²) in [6.07, 6.45) is -3.94. The second-order valence-electron chi connectivity index (χ2n) is 8.21. The molecule has 0 atom stereocenters. The summed E-state index contributed by atoms with van der Waals surface area (Å²) in [5.74, 6) is 0.0586. The average Bonchev–Trinajstić information content (AvgIpc) is 2.84. The lowest BCUT2D eigenvalue weighted by atomic mass is 10.2. The minimum Gasteiger partial charge on any atom is -0.494 e. The SMILES string of the molecule is COc1cc(N2CCN(C(C)=O)CC2)ccc1Nc1ncc(C(F)(F)F)c(Nc2cccc(N)c2)n1. The number of alkyl halides is 3. The van der Waals surface area contributed by atoms with Gasteiger partial charge in [0.1, 0.15) is 17.1 Å². The van der Waals surface area contributed by atoms with Crippen molar-refractivity contribution in [2.75, 3.05) is 54.6 Å². The van der Waals surface area contributed by atoms with Crippen LogP contribution >= 0.6 is 0 Å². The lowest BCUT2D eigenvalue weighted by Gasteiger charge is -2.35. The van der Waals surface area contributed by atoms with Crippen LogP contribution in [0.3, 0.4) is 0 Å². The minimum atomic E-state index is -4.66. The zero-order chi connectivity index (χ0) is 25.9. The van der Waals surface area contributed by atoms with Crippen molar-refractivity contribution in [1.82, 2.24) is 14.9 Å². The van der Waals surface area contributed by atoms with Gasteiger partial charge in [-0.25, -0.2) is 4.98 Å². The highest BCUT2D eigenvalue weighted by molar-refractivity contribution is 5.74. The highest BCUT2D eigenvalue weighted by atomic mass is 19.4. The van der Waals surface area contributed by atoms with Crippen LogP contribution in [-0.2, 0) is 11.0 Å². The van der Waals surface area contributed by atoms with Crippen LogP contribution in [0.15, 0.2) is 48.7 Å². The Kier molecular flexibility index (Phi) is 7.04. The van der Waals surface area contributed by atoms with Crippen LogP contribution in [0.5, 0.6) is 5.75 Å². The Morgan fingerprint density at radius 1 is 1.08 bits per heavy atom. The molecule has 0 spiro atoms. The first kappa shape index (κ1) is 24.9. The largest absolute Gasteiger partial charge is 0.494 e. The standard InChI is InChI=1S/C24H26F3N7O2/c1-15(35)33-8-10-34(11-9-33)18-6-7-20(21(13-18)36-2)31-23-29-14-19(24(25,26)27)22(32-23)30-17-5-3-4-16(28)12-17/h3-7,12-14H,8-11,28H2,1-2H3,(H2,29,30,31,32). The van der Waals surface area contributed by atoms with Gasteiger partial charge in [0.2, 0.25) is 11.9 Å². The molecule has 1 aliphatic heterocycles. The molecule has 0 saturated carbocycles. The number of nitrogens with zero attached hydrogens (tertiary/aromatic N) is 4. The van der Waals surface area contributed by atoms with Crippen molar-refractivity contribution in [2.45, 2.75) is 13.1 Å². The molecule has 4 N–H and O–H groups in total. The average molecular weight is 502 g/mol. The summed E-state index contributed by atoms with van der Waals surface area (Å²) >= 11 is 0. The number of carbonyl (C=O) groups excluding carboxylic acids is 1. The molecule has 1 aromatic heterocycles. The monoisotopic (exact) mass is 501 g/mol. The summed E-state index contributed by atoms with van der Waals surface area (Å²) in [4.78, 5) is 23.4. The van der Waals surface area contributed by atoms with Crippen molar-refractivity contribution < 1.29 is 22.7 Å². The molecule has 1 aliphatic rings. The molecule has 3 aromatic rings. The molecule has 2 aromatic carbocycles. The summed E-state index contributed by atoms with van der Waals surface area (Å²) in [6.45, 7) is 4.16. The van der Waals surface area contributed by atoms with E-state index in [-0.39, 0.29) is 11.9 Å². The van der Waals surface area contributed by atoms with Gasteiger partial charge in [0, 0.05) is 62.4 Å². The molecule has 190 valence electrons. The molecule has 1 fully saturated rings. The van der Waals surface area contributed by atoms with Crippen molar-refractivity contribution in [3.05, 3.63) is 54.2 Å². The number of benzene rings is 2. The minimum absolute atomic E-state index is 0.0458. The second kappa shape index (κ2) is 10.2. The Hall–Kier alpha value is -4.22. The first-order valence-corrected chi connectivity index (χ1v) is 11.2. The third-order valence-electron chi connectivity index (χ3n) is 5.77. The van der Waals surface area contributed by atoms with Crippen molar-refractivity contribution in [1.29, 1.82) is 0 Å². The number of methoxy groups -OCH3 is 1. The number of rotatable bonds is 6. The number of nitrogens with two attached hydrogens (primary N) is 1. The number of piperazine rings is 1. The fourth-order valence-electron chi connectivity index (χ4n) is 3.88. The lowest BCUT2D eigenvalue weighted by molar-refractivity contribution is -0.137. The Bertz CT molecular complexity index is 1240. The van der Waals surface area contributed by atoms with Gasteiger partial charge in [-0.2, -0.15) is 18.2 Å². The maximum atomic E-state index is 13.6. The van der Waals surface area contributed by atoms with Crippen LogP contribution in [-0.4, -0.2) is 54.1 Å². The van der Waals surface area contributed by atoms with Crippen LogP contribution < -0.4 is 26.0 Å². The van der Waals surface area contributed by atoms with E-state index >= 15 is 0 Å². The van der Waals surface area contributed by atoms with Crippen molar-refractivity contribution in [2.24, 2.45) is 0 Å². The number of aromatic nitrogens is 2. The predicted molar refractivity (Wildman–Crippen MR) is 132 cm³/mol. The molecule has 0 radical (unpaired) electrons. The van der Waals surface area contributed by atoms with Gasteiger partial charge < -0.3 is 30.9 Å². The van der Waals surface area contributed by atoms with E-state index in [9.17, 15) is 18.0 Å². The number of hydrogen-bond acceptors (Lipinski definition) is 8. The third kappa shape index (κ3) is 5.70. The van der Waals surface area contributed by atoms with Crippen molar-refractivity contribution in [3.63, 3.8) is 0 Å². The second-order valence-corrected chi connectivity index (χ2v) is 8.21. The topological polar surface area (TPSA) is 109 Å². The van der Waals surface area contributed by atoms with Crippen LogP contribution in [0.2, 0.25) is 0 Å². The third-order valence-corrected chi connectivity index (χ3v) is 5.77. The van der Waals surface area contributed by atoms with Gasteiger partial charge in [-0.3, -0.25) is 4.79 Å². The van der Waals surface area contributed by atoms with E-state index in [2.05, 4.69) is 25.5 Å². The van der Waals surface area contributed by atoms with Crippen LogP contribution in [0, 0.1) is 0 Å². The molecule has 0 aliphatic carbocycles. The number of anilines is 6. The molecule has 1 amide bonds. The summed E-state index contributed by atoms with van der Waals surface area (Å²) in [5.41, 5.74) is 6.87. The smallest absolute Gasteiger partial charge is 0.421 e. The number of amides is 1. The molecule has 9 nitrogen and oxygen atoms in total. The molecule has 0 unspecified atom stereocenters. The zero-order valence-corrected chi connectivity index (χ0v) is 19.8. The summed E-state index contributed by atoms with van der Waals surface area (Å²) in [6, 6.07) is 11.8. The molecular formula is C24H26F3N7O2.